The molecule has 0 spiro atoms. The molecule has 0 aromatic carbocycles. The second-order valence-electron chi connectivity index (χ2n) is 4.57. The predicted octanol–water partition coefficient (Wildman–Crippen LogP) is -0.284. The Morgan fingerprint density at radius 1 is 1.36 bits per heavy atom. The number of quaternary nitrogens is 1. The smallest absolute Gasteiger partial charge is 0.101 e. The van der Waals surface area contributed by atoms with Crippen molar-refractivity contribution >= 4 is 23.2 Å². The summed E-state index contributed by atoms with van der Waals surface area (Å²) in [5.74, 6) is 0.401. The molecule has 1 atom stereocenters. The van der Waals surface area contributed by atoms with Gasteiger partial charge in [0, 0.05) is 16.5 Å². The van der Waals surface area contributed by atoms with Gasteiger partial charge in [-0.25, -0.2) is 0 Å². The van der Waals surface area contributed by atoms with Gasteiger partial charge in [-0.15, -0.1) is 0 Å². The third-order valence-electron chi connectivity index (χ3n) is 2.84. The molecule has 0 saturated carbocycles. The van der Waals surface area contributed by atoms with Gasteiger partial charge in [0.1, 0.15) is 6.54 Å². The maximum absolute atomic E-state index is 6.19. The van der Waals surface area contributed by atoms with Crippen LogP contribution in [0.2, 0.25) is 0 Å². The van der Waals surface area contributed by atoms with Crippen LogP contribution in [-0.2, 0) is 0 Å². The van der Waals surface area contributed by atoms with Gasteiger partial charge in [0.15, 0.2) is 0 Å². The van der Waals surface area contributed by atoms with Crippen LogP contribution < -0.4 is 17.0 Å². The van der Waals surface area contributed by atoms with Crippen LogP contribution in [0.25, 0.3) is 0 Å². The maximum Gasteiger partial charge on any atom is 0.101 e. The zero-order valence-electron chi connectivity index (χ0n) is 8.36. The van der Waals surface area contributed by atoms with E-state index in [9.17, 15) is 0 Å². The summed E-state index contributed by atoms with van der Waals surface area (Å²) in [5, 5.41) is 1.71. The standard InChI is InChI=1S/C10H14Cl2N.BrH/c1-13(2)5-7-3-4-9(11)10(12)8(7)6-13;/h3,8H,4-6H2,1-2H3;1H/q+1;/p-1. The normalized spacial score (nSPS) is 29.4. The Morgan fingerprint density at radius 2 is 2.00 bits per heavy atom. The number of hydrogen-bond donors (Lipinski definition) is 0. The van der Waals surface area contributed by atoms with Gasteiger partial charge in [0.05, 0.1) is 26.6 Å². The van der Waals surface area contributed by atoms with Crippen molar-refractivity contribution in [3.63, 3.8) is 0 Å². The first-order valence-electron chi connectivity index (χ1n) is 4.54. The SMILES string of the molecule is C[N+]1(C)CC2=CCC(Cl)=C(Cl)C2C1.[Br-]. The number of nitrogens with zero attached hydrogens (tertiary/aromatic N) is 1. The Bertz CT molecular complexity index is 307. The summed E-state index contributed by atoms with van der Waals surface area (Å²) < 4.78 is 1.02. The number of allylic oxidation sites excluding steroid dienone is 2. The molecule has 0 N–H and O–H groups in total. The van der Waals surface area contributed by atoms with Crippen LogP contribution in [0.1, 0.15) is 6.42 Å². The summed E-state index contributed by atoms with van der Waals surface area (Å²) in [6.45, 7) is 2.20. The number of likely N-dealkylation sites (tertiary alicyclic amines) is 1. The van der Waals surface area contributed by atoms with Crippen molar-refractivity contribution in [3.05, 3.63) is 21.7 Å². The van der Waals surface area contributed by atoms with Gasteiger partial charge in [-0.2, -0.15) is 0 Å². The molecule has 14 heavy (non-hydrogen) atoms. The maximum atomic E-state index is 6.19. The average Bonchev–Trinajstić information content (AvgIpc) is 2.34. The van der Waals surface area contributed by atoms with E-state index in [0.717, 1.165) is 34.1 Å². The highest BCUT2D eigenvalue weighted by Gasteiger charge is 2.39. The van der Waals surface area contributed by atoms with Gasteiger partial charge < -0.3 is 21.5 Å². The molecule has 1 nitrogen and oxygen atoms in total. The van der Waals surface area contributed by atoms with Gasteiger partial charge in [-0.05, 0) is 5.57 Å². The molecular weight excluding hydrogens is 285 g/mol. The van der Waals surface area contributed by atoms with E-state index in [-0.39, 0.29) is 17.0 Å². The quantitative estimate of drug-likeness (QED) is 0.426. The Hall–Kier alpha value is 0.500. The number of fused-ring (bicyclic) bond motifs is 1. The van der Waals surface area contributed by atoms with E-state index >= 15 is 0 Å². The molecule has 1 aliphatic carbocycles. The van der Waals surface area contributed by atoms with Crippen molar-refractivity contribution in [3.8, 4) is 0 Å². The lowest BCUT2D eigenvalue weighted by molar-refractivity contribution is -0.876. The van der Waals surface area contributed by atoms with Crippen LogP contribution in [-0.4, -0.2) is 31.7 Å². The van der Waals surface area contributed by atoms with Crippen LogP contribution in [0, 0.1) is 5.92 Å². The first-order chi connectivity index (χ1) is 5.99. The van der Waals surface area contributed by atoms with Crippen molar-refractivity contribution in [2.24, 2.45) is 5.92 Å². The fraction of sp³-hybridized carbons (Fsp3) is 0.600. The summed E-state index contributed by atoms with van der Waals surface area (Å²) in [6, 6.07) is 0. The molecule has 0 bridgehead atoms. The zero-order valence-corrected chi connectivity index (χ0v) is 11.5. The second kappa shape index (κ2) is 4.17. The van der Waals surface area contributed by atoms with E-state index in [2.05, 4.69) is 20.2 Å². The van der Waals surface area contributed by atoms with Crippen molar-refractivity contribution in [1.82, 2.24) is 0 Å². The van der Waals surface area contributed by atoms with Crippen molar-refractivity contribution in [1.29, 1.82) is 0 Å². The van der Waals surface area contributed by atoms with Crippen molar-refractivity contribution < 1.29 is 21.5 Å². The Balaban J connectivity index is 0.000000980. The van der Waals surface area contributed by atoms with Gasteiger partial charge in [0.25, 0.3) is 0 Å². The topological polar surface area (TPSA) is 0 Å². The fourth-order valence-corrected chi connectivity index (χ4v) is 2.73. The number of hydrogen-bond acceptors (Lipinski definition) is 0. The van der Waals surface area contributed by atoms with E-state index in [4.69, 9.17) is 23.2 Å². The Morgan fingerprint density at radius 3 is 2.64 bits per heavy atom. The number of likely N-dealkylation sites (N-methyl/N-ethyl adjacent to an activating group) is 1. The molecule has 1 unspecified atom stereocenters. The van der Waals surface area contributed by atoms with E-state index in [1.54, 1.807) is 0 Å². The minimum Gasteiger partial charge on any atom is -1.00 e. The van der Waals surface area contributed by atoms with E-state index in [1.165, 1.54) is 5.57 Å². The number of rotatable bonds is 0. The molecule has 1 heterocycles. The summed E-state index contributed by atoms with van der Waals surface area (Å²) in [6.07, 6.45) is 3.07. The average molecular weight is 299 g/mol. The van der Waals surface area contributed by atoms with Gasteiger partial charge in [-0.1, -0.05) is 29.3 Å². The lowest BCUT2D eigenvalue weighted by Gasteiger charge is -2.22. The summed E-state index contributed by atoms with van der Waals surface area (Å²) >= 11 is 12.2. The van der Waals surface area contributed by atoms with Gasteiger partial charge >= 0.3 is 0 Å². The summed E-state index contributed by atoms with van der Waals surface area (Å²) in [4.78, 5) is 0. The molecule has 0 radical (unpaired) electrons. The predicted molar refractivity (Wildman–Crippen MR) is 56.8 cm³/mol. The van der Waals surface area contributed by atoms with Crippen LogP contribution >= 0.6 is 23.2 Å². The minimum absolute atomic E-state index is 0. The monoisotopic (exact) mass is 297 g/mol. The second-order valence-corrected chi connectivity index (χ2v) is 5.43. The molecule has 4 heteroatoms. The highest BCUT2D eigenvalue weighted by atomic mass is 79.9. The van der Waals surface area contributed by atoms with Crippen molar-refractivity contribution in [2.75, 3.05) is 27.2 Å². The molecule has 0 amide bonds. The molecule has 0 aromatic heterocycles. The number of halogens is 3. The largest absolute Gasteiger partial charge is 1.00 e. The highest BCUT2D eigenvalue weighted by molar-refractivity contribution is 6.39. The van der Waals surface area contributed by atoms with Gasteiger partial charge in [0.2, 0.25) is 0 Å². The molecule has 1 aliphatic heterocycles. The lowest BCUT2D eigenvalue weighted by atomic mass is 9.96. The molecule has 80 valence electrons. The summed E-state index contributed by atoms with van der Waals surface area (Å²) in [5.41, 5.74) is 1.47. The highest BCUT2D eigenvalue weighted by Crippen LogP contribution is 2.40. The van der Waals surface area contributed by atoms with Gasteiger partial charge in [-0.3, -0.25) is 0 Å². The third kappa shape index (κ3) is 2.19. The minimum atomic E-state index is 0. The molecule has 0 aromatic rings. The summed E-state index contributed by atoms with van der Waals surface area (Å²) in [7, 11) is 4.47. The third-order valence-corrected chi connectivity index (χ3v) is 3.79. The zero-order chi connectivity index (χ0) is 9.64. The Labute approximate surface area is 106 Å². The molecule has 2 aliphatic rings. The van der Waals surface area contributed by atoms with E-state index in [0.29, 0.717) is 5.92 Å². The van der Waals surface area contributed by atoms with Crippen LogP contribution in [0.4, 0.5) is 0 Å². The van der Waals surface area contributed by atoms with E-state index < -0.39 is 0 Å². The Kier molecular flexibility index (Phi) is 3.74. The van der Waals surface area contributed by atoms with Crippen molar-refractivity contribution in [2.45, 2.75) is 6.42 Å². The molecular formula is C10H14BrCl2N. The molecule has 1 fully saturated rings. The van der Waals surface area contributed by atoms with Crippen LogP contribution in [0.15, 0.2) is 21.7 Å². The molecule has 1 saturated heterocycles. The lowest BCUT2D eigenvalue weighted by Crippen LogP contribution is -3.00. The fourth-order valence-electron chi connectivity index (χ4n) is 2.24. The van der Waals surface area contributed by atoms with Crippen LogP contribution in [0.3, 0.4) is 0 Å². The first-order valence-corrected chi connectivity index (χ1v) is 5.30. The molecule has 2 rings (SSSR count). The first kappa shape index (κ1) is 12.6. The van der Waals surface area contributed by atoms with Crippen LogP contribution in [0.5, 0.6) is 0 Å². The van der Waals surface area contributed by atoms with E-state index in [1.807, 2.05) is 0 Å².